The van der Waals surface area contributed by atoms with Gasteiger partial charge >= 0.3 is 0 Å². The Morgan fingerprint density at radius 1 is 1.17 bits per heavy atom. The number of ether oxygens (including phenoxy) is 1. The number of hydrogen-bond acceptors (Lipinski definition) is 4. The molecule has 130 valence electrons. The number of methoxy groups -OCH3 is 1. The van der Waals surface area contributed by atoms with Crippen LogP contribution in [0.3, 0.4) is 0 Å². The third-order valence-electron chi connectivity index (χ3n) is 3.83. The molecule has 1 aromatic rings. The van der Waals surface area contributed by atoms with Crippen LogP contribution < -0.4 is 10.1 Å². The van der Waals surface area contributed by atoms with E-state index in [1.54, 1.807) is 28.0 Å². The van der Waals surface area contributed by atoms with Crippen molar-refractivity contribution >= 4 is 35.0 Å². The molecule has 0 radical (unpaired) electrons. The van der Waals surface area contributed by atoms with Gasteiger partial charge in [-0.1, -0.05) is 11.6 Å². The van der Waals surface area contributed by atoms with Crippen molar-refractivity contribution in [2.75, 3.05) is 38.6 Å². The van der Waals surface area contributed by atoms with Gasteiger partial charge in [-0.05, 0) is 18.2 Å². The number of benzene rings is 1. The minimum Gasteiger partial charge on any atom is -0.495 e. The Morgan fingerprint density at radius 2 is 1.79 bits per heavy atom. The number of carbonyl (C=O) groups is 3. The molecule has 7 nitrogen and oxygen atoms in total. The molecule has 1 aromatic carbocycles. The maximum absolute atomic E-state index is 12.2. The van der Waals surface area contributed by atoms with Crippen LogP contribution in [0.2, 0.25) is 5.02 Å². The first-order valence-electron chi connectivity index (χ1n) is 7.57. The van der Waals surface area contributed by atoms with Crippen LogP contribution in [0.1, 0.15) is 13.3 Å². The van der Waals surface area contributed by atoms with Crippen LogP contribution in [0, 0.1) is 0 Å². The first-order chi connectivity index (χ1) is 11.4. The van der Waals surface area contributed by atoms with Crippen LogP contribution in [0.4, 0.5) is 5.69 Å². The molecular weight excluding hydrogens is 334 g/mol. The molecular formula is C16H20ClN3O4. The first-order valence-corrected chi connectivity index (χ1v) is 7.95. The van der Waals surface area contributed by atoms with Gasteiger partial charge in [0.05, 0.1) is 12.8 Å². The number of anilines is 1. The molecule has 1 saturated heterocycles. The fraction of sp³-hybridized carbons (Fsp3) is 0.438. The zero-order chi connectivity index (χ0) is 17.7. The third kappa shape index (κ3) is 4.61. The molecule has 1 aliphatic rings. The van der Waals surface area contributed by atoms with Crippen molar-refractivity contribution in [2.24, 2.45) is 0 Å². The molecule has 1 heterocycles. The van der Waals surface area contributed by atoms with Crippen molar-refractivity contribution in [3.63, 3.8) is 0 Å². The van der Waals surface area contributed by atoms with Gasteiger partial charge in [-0.2, -0.15) is 0 Å². The van der Waals surface area contributed by atoms with E-state index in [2.05, 4.69) is 5.32 Å². The average molecular weight is 354 g/mol. The minimum atomic E-state index is -0.436. The van der Waals surface area contributed by atoms with Gasteiger partial charge in [0.15, 0.2) is 0 Å². The molecule has 0 spiro atoms. The van der Waals surface area contributed by atoms with Crippen molar-refractivity contribution in [1.29, 1.82) is 0 Å². The van der Waals surface area contributed by atoms with Gasteiger partial charge in [-0.25, -0.2) is 0 Å². The van der Waals surface area contributed by atoms with Crippen molar-refractivity contribution in [2.45, 2.75) is 13.3 Å². The fourth-order valence-electron chi connectivity index (χ4n) is 2.49. The minimum absolute atomic E-state index is 0.00658. The van der Waals surface area contributed by atoms with Gasteiger partial charge in [-0.3, -0.25) is 14.4 Å². The Bertz CT molecular complexity index is 642. The van der Waals surface area contributed by atoms with Gasteiger partial charge in [-0.15, -0.1) is 0 Å². The number of amides is 3. The molecule has 1 aliphatic heterocycles. The highest BCUT2D eigenvalue weighted by atomic mass is 35.5. The summed E-state index contributed by atoms with van der Waals surface area (Å²) in [7, 11) is 1.48. The van der Waals surface area contributed by atoms with E-state index >= 15 is 0 Å². The normalized spacial score (nSPS) is 14.3. The lowest BCUT2D eigenvalue weighted by Crippen LogP contribution is -2.50. The molecule has 0 bridgehead atoms. The van der Waals surface area contributed by atoms with E-state index in [4.69, 9.17) is 16.3 Å². The molecule has 1 N–H and O–H groups in total. The van der Waals surface area contributed by atoms with E-state index < -0.39 is 5.91 Å². The van der Waals surface area contributed by atoms with Crippen molar-refractivity contribution < 1.29 is 19.1 Å². The van der Waals surface area contributed by atoms with Crippen LogP contribution in [0.25, 0.3) is 0 Å². The lowest BCUT2D eigenvalue weighted by molar-refractivity contribution is -0.140. The number of hydrogen-bond donors (Lipinski definition) is 1. The largest absolute Gasteiger partial charge is 0.495 e. The van der Waals surface area contributed by atoms with Crippen LogP contribution in [-0.2, 0) is 14.4 Å². The van der Waals surface area contributed by atoms with E-state index in [1.165, 1.54) is 14.0 Å². The van der Waals surface area contributed by atoms with Gasteiger partial charge < -0.3 is 19.9 Å². The Kier molecular flexibility index (Phi) is 6.03. The molecule has 3 amide bonds. The maximum Gasteiger partial charge on any atom is 0.233 e. The smallest absolute Gasteiger partial charge is 0.233 e. The van der Waals surface area contributed by atoms with E-state index in [1.807, 2.05) is 0 Å². The number of rotatable bonds is 4. The van der Waals surface area contributed by atoms with Crippen LogP contribution in [0.15, 0.2) is 18.2 Å². The van der Waals surface area contributed by atoms with Gasteiger partial charge in [0.1, 0.15) is 12.2 Å². The van der Waals surface area contributed by atoms with Crippen LogP contribution in [0.5, 0.6) is 5.75 Å². The SMILES string of the molecule is COc1ccc(Cl)cc1NC(=O)CC(=O)N1CCN(C(C)=O)CC1. The highest BCUT2D eigenvalue weighted by Crippen LogP contribution is 2.27. The molecule has 24 heavy (non-hydrogen) atoms. The standard InChI is InChI=1S/C16H20ClN3O4/c1-11(21)19-5-7-20(8-6-19)16(23)10-15(22)18-13-9-12(17)3-4-14(13)24-2/h3-4,9H,5-8,10H2,1-2H3,(H,18,22). The number of nitrogens with zero attached hydrogens (tertiary/aromatic N) is 2. The highest BCUT2D eigenvalue weighted by molar-refractivity contribution is 6.31. The second-order valence-electron chi connectivity index (χ2n) is 5.46. The van der Waals surface area contributed by atoms with E-state index in [-0.39, 0.29) is 18.2 Å². The van der Waals surface area contributed by atoms with E-state index in [0.717, 1.165) is 0 Å². The summed E-state index contributed by atoms with van der Waals surface area (Å²) in [5.74, 6) is -0.241. The second kappa shape index (κ2) is 8.01. The zero-order valence-corrected chi connectivity index (χ0v) is 14.4. The quantitative estimate of drug-likeness (QED) is 0.829. The predicted molar refractivity (Wildman–Crippen MR) is 90.1 cm³/mol. The van der Waals surface area contributed by atoms with Gasteiger partial charge in [0.2, 0.25) is 17.7 Å². The Balaban J connectivity index is 1.90. The lowest BCUT2D eigenvalue weighted by Gasteiger charge is -2.34. The molecule has 1 fully saturated rings. The number of halogens is 1. The first kappa shape index (κ1) is 18.1. The van der Waals surface area contributed by atoms with Crippen molar-refractivity contribution in [3.8, 4) is 5.75 Å². The summed E-state index contributed by atoms with van der Waals surface area (Å²) in [6.45, 7) is 3.36. The zero-order valence-electron chi connectivity index (χ0n) is 13.7. The molecule has 0 saturated carbocycles. The summed E-state index contributed by atoms with van der Waals surface area (Å²) >= 11 is 5.91. The lowest BCUT2D eigenvalue weighted by atomic mass is 10.2. The predicted octanol–water partition coefficient (Wildman–Crippen LogP) is 1.37. The van der Waals surface area contributed by atoms with E-state index in [9.17, 15) is 14.4 Å². The number of carbonyl (C=O) groups excluding carboxylic acids is 3. The summed E-state index contributed by atoms with van der Waals surface area (Å²) in [5, 5.41) is 3.10. The molecule has 0 atom stereocenters. The van der Waals surface area contributed by atoms with Crippen molar-refractivity contribution in [1.82, 2.24) is 9.80 Å². The Morgan fingerprint density at radius 3 is 2.38 bits per heavy atom. The summed E-state index contributed by atoms with van der Waals surface area (Å²) < 4.78 is 5.15. The molecule has 2 rings (SSSR count). The Labute approximate surface area is 145 Å². The molecule has 0 aromatic heterocycles. The van der Waals surface area contributed by atoms with Crippen LogP contribution >= 0.6 is 11.6 Å². The molecule has 0 unspecified atom stereocenters. The molecule has 0 aliphatic carbocycles. The second-order valence-corrected chi connectivity index (χ2v) is 5.89. The van der Waals surface area contributed by atoms with Crippen LogP contribution in [-0.4, -0.2) is 60.8 Å². The third-order valence-corrected chi connectivity index (χ3v) is 4.06. The summed E-state index contributed by atoms with van der Waals surface area (Å²) in [5.41, 5.74) is 0.421. The maximum atomic E-state index is 12.2. The topological polar surface area (TPSA) is 79.0 Å². The fourth-order valence-corrected chi connectivity index (χ4v) is 2.66. The summed E-state index contributed by atoms with van der Waals surface area (Å²) in [4.78, 5) is 38.8. The average Bonchev–Trinajstić information content (AvgIpc) is 2.55. The summed E-state index contributed by atoms with van der Waals surface area (Å²) in [6.07, 6.45) is -0.268. The summed E-state index contributed by atoms with van der Waals surface area (Å²) in [6, 6.07) is 4.85. The van der Waals surface area contributed by atoms with E-state index in [0.29, 0.717) is 42.6 Å². The number of nitrogens with one attached hydrogen (secondary N) is 1. The van der Waals surface area contributed by atoms with Gasteiger partial charge in [0, 0.05) is 38.1 Å². The Hall–Kier alpha value is -2.28. The highest BCUT2D eigenvalue weighted by Gasteiger charge is 2.24. The van der Waals surface area contributed by atoms with Crippen molar-refractivity contribution in [3.05, 3.63) is 23.2 Å². The molecule has 8 heteroatoms. The monoisotopic (exact) mass is 353 g/mol. The number of piperazine rings is 1. The van der Waals surface area contributed by atoms with Gasteiger partial charge in [0.25, 0.3) is 0 Å².